The van der Waals surface area contributed by atoms with Crippen LogP contribution >= 0.6 is 0 Å². The van der Waals surface area contributed by atoms with Gasteiger partial charge in [0.1, 0.15) is 5.75 Å². The topological polar surface area (TPSA) is 32.3 Å². The highest BCUT2D eigenvalue weighted by atomic mass is 16.3. The Kier molecular flexibility index (Phi) is 2.80. The minimum atomic E-state index is 0.417. The van der Waals surface area contributed by atoms with Crippen LogP contribution in [0.2, 0.25) is 0 Å². The molecule has 0 aromatic heterocycles. The Labute approximate surface area is 115 Å². The van der Waals surface area contributed by atoms with Gasteiger partial charge < -0.3 is 10.4 Å². The first-order valence-electron chi connectivity index (χ1n) is 7.89. The second-order valence-corrected chi connectivity index (χ2v) is 6.70. The van der Waals surface area contributed by atoms with Gasteiger partial charge in [-0.25, -0.2) is 0 Å². The molecule has 0 bridgehead atoms. The van der Waals surface area contributed by atoms with Crippen LogP contribution in [0.15, 0.2) is 18.2 Å². The number of hydrogen-bond donors (Lipinski definition) is 2. The summed E-state index contributed by atoms with van der Waals surface area (Å²) in [6.45, 7) is 0. The average molecular weight is 257 g/mol. The van der Waals surface area contributed by atoms with E-state index in [0.717, 1.165) is 24.3 Å². The fourth-order valence-corrected chi connectivity index (χ4v) is 3.77. The molecule has 19 heavy (non-hydrogen) atoms. The largest absolute Gasteiger partial charge is 0.508 e. The summed E-state index contributed by atoms with van der Waals surface area (Å²) in [5.41, 5.74) is 2.80. The van der Waals surface area contributed by atoms with Gasteiger partial charge in [0.05, 0.1) is 0 Å². The molecule has 2 N–H and O–H groups in total. The van der Waals surface area contributed by atoms with Crippen LogP contribution in [0.3, 0.4) is 0 Å². The zero-order valence-electron chi connectivity index (χ0n) is 11.4. The molecule has 1 aromatic carbocycles. The van der Waals surface area contributed by atoms with E-state index in [0.29, 0.717) is 11.8 Å². The van der Waals surface area contributed by atoms with Crippen molar-refractivity contribution in [2.75, 3.05) is 0 Å². The van der Waals surface area contributed by atoms with E-state index in [9.17, 15) is 5.11 Å². The van der Waals surface area contributed by atoms with Crippen molar-refractivity contribution in [2.24, 2.45) is 11.8 Å². The van der Waals surface area contributed by atoms with Crippen LogP contribution in [0.1, 0.15) is 55.7 Å². The quantitative estimate of drug-likeness (QED) is 0.864. The van der Waals surface area contributed by atoms with Crippen molar-refractivity contribution < 1.29 is 5.11 Å². The molecule has 0 radical (unpaired) electrons. The predicted molar refractivity (Wildman–Crippen MR) is 76.2 cm³/mol. The highest BCUT2D eigenvalue weighted by Crippen LogP contribution is 2.46. The lowest BCUT2D eigenvalue weighted by atomic mass is 9.86. The minimum absolute atomic E-state index is 0.417. The van der Waals surface area contributed by atoms with E-state index in [1.807, 2.05) is 12.1 Å². The first-order valence-corrected chi connectivity index (χ1v) is 7.89. The monoisotopic (exact) mass is 257 g/mol. The van der Waals surface area contributed by atoms with Crippen LogP contribution < -0.4 is 5.32 Å². The molecule has 0 spiro atoms. The van der Waals surface area contributed by atoms with Crippen molar-refractivity contribution in [3.63, 3.8) is 0 Å². The van der Waals surface area contributed by atoms with E-state index < -0.39 is 0 Å². The predicted octanol–water partition coefficient (Wildman–Crippen LogP) is 3.55. The maximum atomic E-state index is 9.63. The van der Waals surface area contributed by atoms with Crippen molar-refractivity contribution in [2.45, 2.75) is 57.0 Å². The van der Waals surface area contributed by atoms with E-state index in [1.54, 1.807) is 0 Å². The lowest BCUT2D eigenvalue weighted by Gasteiger charge is -2.31. The molecule has 1 unspecified atom stereocenters. The second-order valence-electron chi connectivity index (χ2n) is 6.70. The van der Waals surface area contributed by atoms with Crippen LogP contribution in [0.25, 0.3) is 0 Å². The number of phenolic OH excluding ortho intramolecular Hbond substituents is 1. The SMILES string of the molecule is Oc1ccc2c(c1)CCCC2NC(C1CC1)C1CC1. The molecular formula is C17H23NO. The summed E-state index contributed by atoms with van der Waals surface area (Å²) in [4.78, 5) is 0. The van der Waals surface area contributed by atoms with Gasteiger partial charge in [0.2, 0.25) is 0 Å². The Morgan fingerprint density at radius 1 is 1.05 bits per heavy atom. The summed E-state index contributed by atoms with van der Waals surface area (Å²) >= 11 is 0. The van der Waals surface area contributed by atoms with Gasteiger partial charge >= 0.3 is 0 Å². The van der Waals surface area contributed by atoms with Gasteiger partial charge in [0.25, 0.3) is 0 Å². The van der Waals surface area contributed by atoms with Gasteiger partial charge in [-0.15, -0.1) is 0 Å². The molecule has 0 saturated heterocycles. The second kappa shape index (κ2) is 4.52. The summed E-state index contributed by atoms with van der Waals surface area (Å²) in [5, 5.41) is 13.6. The number of hydrogen-bond acceptors (Lipinski definition) is 2. The van der Waals surface area contributed by atoms with Crippen molar-refractivity contribution in [3.05, 3.63) is 29.3 Å². The molecular weight excluding hydrogens is 234 g/mol. The van der Waals surface area contributed by atoms with Crippen LogP contribution in [0.4, 0.5) is 0 Å². The zero-order chi connectivity index (χ0) is 12.8. The third-order valence-corrected chi connectivity index (χ3v) is 5.09. The highest BCUT2D eigenvalue weighted by molar-refractivity contribution is 5.38. The third-order valence-electron chi connectivity index (χ3n) is 5.09. The molecule has 0 heterocycles. The molecule has 4 rings (SSSR count). The molecule has 0 amide bonds. The van der Waals surface area contributed by atoms with Crippen LogP contribution in [-0.4, -0.2) is 11.1 Å². The molecule has 1 atom stereocenters. The van der Waals surface area contributed by atoms with E-state index in [4.69, 9.17) is 0 Å². The van der Waals surface area contributed by atoms with Crippen molar-refractivity contribution in [3.8, 4) is 5.75 Å². The number of rotatable bonds is 4. The maximum Gasteiger partial charge on any atom is 0.115 e. The summed E-state index contributed by atoms with van der Waals surface area (Å²) in [5.74, 6) is 2.32. The normalized spacial score (nSPS) is 26.5. The Bertz CT molecular complexity index is 464. The standard InChI is InChI=1S/C17H23NO/c19-14-8-9-15-13(10-14)2-1-3-16(15)18-17(11-4-5-11)12-6-7-12/h8-12,16-19H,1-7H2. The maximum absolute atomic E-state index is 9.63. The number of aryl methyl sites for hydroxylation is 1. The first-order chi connectivity index (χ1) is 9.31. The number of benzene rings is 1. The van der Waals surface area contributed by atoms with Crippen LogP contribution in [0.5, 0.6) is 5.75 Å². The van der Waals surface area contributed by atoms with E-state index in [1.165, 1.54) is 49.7 Å². The molecule has 2 fully saturated rings. The Morgan fingerprint density at radius 2 is 1.79 bits per heavy atom. The van der Waals surface area contributed by atoms with Crippen LogP contribution in [-0.2, 0) is 6.42 Å². The Balaban J connectivity index is 1.55. The molecule has 2 saturated carbocycles. The minimum Gasteiger partial charge on any atom is -0.508 e. The van der Waals surface area contributed by atoms with Gasteiger partial charge in [-0.2, -0.15) is 0 Å². The molecule has 2 nitrogen and oxygen atoms in total. The van der Waals surface area contributed by atoms with E-state index in [2.05, 4.69) is 11.4 Å². The van der Waals surface area contributed by atoms with Gasteiger partial charge in [-0.3, -0.25) is 0 Å². The fraction of sp³-hybridized carbons (Fsp3) is 0.647. The summed E-state index contributed by atoms with van der Waals surface area (Å²) in [6, 6.07) is 7.24. The number of aromatic hydroxyl groups is 1. The lowest BCUT2D eigenvalue weighted by Crippen LogP contribution is -2.37. The fourth-order valence-electron chi connectivity index (χ4n) is 3.77. The van der Waals surface area contributed by atoms with Crippen molar-refractivity contribution >= 4 is 0 Å². The highest BCUT2D eigenvalue weighted by Gasteiger charge is 2.42. The average Bonchev–Trinajstić information content (AvgIpc) is 3.28. The zero-order valence-corrected chi connectivity index (χ0v) is 11.4. The molecule has 1 aromatic rings. The Hall–Kier alpha value is -1.02. The van der Waals surface area contributed by atoms with Gasteiger partial charge in [-0.05, 0) is 80.0 Å². The molecule has 3 aliphatic rings. The lowest BCUT2D eigenvalue weighted by molar-refractivity contribution is 0.340. The molecule has 102 valence electrons. The van der Waals surface area contributed by atoms with Crippen molar-refractivity contribution in [1.29, 1.82) is 0 Å². The van der Waals surface area contributed by atoms with Gasteiger partial charge in [0, 0.05) is 12.1 Å². The van der Waals surface area contributed by atoms with E-state index >= 15 is 0 Å². The molecule has 0 aliphatic heterocycles. The molecule has 2 heteroatoms. The summed E-state index contributed by atoms with van der Waals surface area (Å²) < 4.78 is 0. The van der Waals surface area contributed by atoms with Gasteiger partial charge in [-0.1, -0.05) is 6.07 Å². The Morgan fingerprint density at radius 3 is 2.47 bits per heavy atom. The van der Waals surface area contributed by atoms with E-state index in [-0.39, 0.29) is 0 Å². The number of fused-ring (bicyclic) bond motifs is 1. The third kappa shape index (κ3) is 2.38. The summed E-state index contributed by atoms with van der Waals surface area (Å²) in [6.07, 6.45) is 9.36. The summed E-state index contributed by atoms with van der Waals surface area (Å²) in [7, 11) is 0. The smallest absolute Gasteiger partial charge is 0.115 e. The van der Waals surface area contributed by atoms with Crippen LogP contribution in [0, 0.1) is 11.8 Å². The van der Waals surface area contributed by atoms with Crippen molar-refractivity contribution in [1.82, 2.24) is 5.32 Å². The number of phenols is 1. The van der Waals surface area contributed by atoms with Gasteiger partial charge in [0.15, 0.2) is 0 Å². The first kappa shape index (κ1) is 11.8. The number of nitrogens with one attached hydrogen (secondary N) is 1. The molecule has 3 aliphatic carbocycles.